The van der Waals surface area contributed by atoms with E-state index < -0.39 is 46.3 Å². The van der Waals surface area contributed by atoms with Crippen LogP contribution in [0, 0.1) is 80.4 Å². The predicted octanol–water partition coefficient (Wildman–Crippen LogP) is 14.8. The first-order chi connectivity index (χ1) is 31.4. The van der Waals surface area contributed by atoms with Crippen LogP contribution in [-0.4, -0.2) is 23.1 Å². The lowest BCUT2D eigenvalue weighted by Crippen LogP contribution is -2.06. The molecule has 14 heteroatoms. The second-order valence-electron chi connectivity index (χ2n) is 16.2. The molecule has 3 aliphatic rings. The summed E-state index contributed by atoms with van der Waals surface area (Å²) in [6.45, 7) is 8.75. The molecule has 0 N–H and O–H groups in total. The van der Waals surface area contributed by atoms with Crippen LogP contribution in [0.4, 0.5) is 17.6 Å². The number of carbonyl (C=O) groups excluding carboxylic acids is 2. The van der Waals surface area contributed by atoms with Gasteiger partial charge in [0.1, 0.15) is 35.4 Å². The largest absolute Gasteiger partial charge is 0.293 e. The fraction of sp³-hybridized carbons (Fsp3) is 0.333. The third-order valence-electron chi connectivity index (χ3n) is 12.2. The van der Waals surface area contributed by atoms with E-state index in [1.165, 1.54) is 22.7 Å². The highest BCUT2D eigenvalue weighted by Crippen LogP contribution is 2.59. The number of hydrogen-bond acceptors (Lipinski definition) is 10. The molecule has 7 rings (SSSR count). The summed E-state index contributed by atoms with van der Waals surface area (Å²) in [6.07, 6.45) is 10.0. The molecule has 0 saturated carbocycles. The molecule has 0 saturated heterocycles. The van der Waals surface area contributed by atoms with E-state index in [1.807, 2.05) is 36.4 Å². The van der Waals surface area contributed by atoms with Crippen molar-refractivity contribution in [2.75, 3.05) is 11.5 Å². The lowest BCUT2D eigenvalue weighted by atomic mass is 9.92. The number of rotatable bonds is 16. The molecule has 65 heavy (non-hydrogen) atoms. The summed E-state index contributed by atoms with van der Waals surface area (Å²) in [5.74, 6) is -4.74. The van der Waals surface area contributed by atoms with Crippen molar-refractivity contribution in [2.24, 2.45) is 11.8 Å². The summed E-state index contributed by atoms with van der Waals surface area (Å²) < 4.78 is 59.7. The maximum absolute atomic E-state index is 14.8. The van der Waals surface area contributed by atoms with Crippen LogP contribution in [0.25, 0.3) is 32.5 Å². The van der Waals surface area contributed by atoms with Gasteiger partial charge >= 0.3 is 0 Å². The number of fused-ring (bicyclic) bond motifs is 5. The third-order valence-corrected chi connectivity index (χ3v) is 17.6. The van der Waals surface area contributed by atoms with E-state index in [2.05, 4.69) is 27.7 Å². The number of thioether (sulfide) groups is 2. The monoisotopic (exact) mass is 946 g/mol. The first-order valence-electron chi connectivity index (χ1n) is 21.5. The average Bonchev–Trinajstić information content (AvgIpc) is 4.09. The summed E-state index contributed by atoms with van der Waals surface area (Å²) in [5.41, 5.74) is 1.30. The maximum atomic E-state index is 14.8. The molecule has 0 aliphatic heterocycles. The average molecular weight is 947 g/mol. The first-order valence-corrected chi connectivity index (χ1v) is 25.2. The molecule has 4 aromatic rings. The van der Waals surface area contributed by atoms with Crippen LogP contribution in [0.1, 0.15) is 138 Å². The van der Waals surface area contributed by atoms with Gasteiger partial charge in [-0.3, -0.25) is 9.59 Å². The zero-order valence-electron chi connectivity index (χ0n) is 36.1. The molecular formula is C51H42F4N4O2S4. The van der Waals surface area contributed by atoms with Gasteiger partial charge < -0.3 is 0 Å². The van der Waals surface area contributed by atoms with E-state index in [-0.39, 0.29) is 44.5 Å². The van der Waals surface area contributed by atoms with Crippen molar-refractivity contribution >= 4 is 80.6 Å². The Balaban J connectivity index is 1.46. The Labute approximate surface area is 392 Å². The summed E-state index contributed by atoms with van der Waals surface area (Å²) in [5, 5.41) is 40.1. The molecule has 0 radical (unpaired) electrons. The number of benzene rings is 2. The van der Waals surface area contributed by atoms with E-state index in [0.29, 0.717) is 21.6 Å². The molecule has 0 bridgehead atoms. The van der Waals surface area contributed by atoms with E-state index in [9.17, 15) is 48.2 Å². The highest BCUT2D eigenvalue weighted by atomic mass is 32.2. The summed E-state index contributed by atoms with van der Waals surface area (Å²) in [7, 11) is 0. The van der Waals surface area contributed by atoms with Crippen LogP contribution in [0.15, 0.2) is 57.4 Å². The number of unbranched alkanes of at least 4 members (excludes halogenated alkanes) is 2. The first kappa shape index (κ1) is 47.5. The van der Waals surface area contributed by atoms with Gasteiger partial charge in [0, 0.05) is 70.0 Å². The van der Waals surface area contributed by atoms with E-state index in [4.69, 9.17) is 0 Å². The predicted molar refractivity (Wildman–Crippen MR) is 254 cm³/mol. The van der Waals surface area contributed by atoms with Gasteiger partial charge in [0.2, 0.25) is 0 Å². The Morgan fingerprint density at radius 1 is 0.646 bits per heavy atom. The fourth-order valence-corrected chi connectivity index (χ4v) is 14.2. The minimum Gasteiger partial charge on any atom is -0.293 e. The zero-order chi connectivity index (χ0) is 46.7. The number of ketones is 2. The van der Waals surface area contributed by atoms with Crippen molar-refractivity contribution in [1.82, 2.24) is 0 Å². The van der Waals surface area contributed by atoms with Crippen molar-refractivity contribution in [2.45, 2.75) is 85.0 Å². The van der Waals surface area contributed by atoms with Crippen molar-refractivity contribution < 1.29 is 27.2 Å². The minimum atomic E-state index is -1.24. The van der Waals surface area contributed by atoms with Gasteiger partial charge in [-0.05, 0) is 78.3 Å². The molecule has 3 atom stereocenters. The lowest BCUT2D eigenvalue weighted by Gasteiger charge is -2.20. The Morgan fingerprint density at radius 3 is 1.69 bits per heavy atom. The summed E-state index contributed by atoms with van der Waals surface area (Å²) in [6, 6.07) is 14.5. The lowest BCUT2D eigenvalue weighted by molar-refractivity contribution is 0.0986. The maximum Gasteiger partial charge on any atom is 0.194 e. The molecule has 2 aromatic carbocycles. The molecular weight excluding hydrogens is 905 g/mol. The van der Waals surface area contributed by atoms with E-state index in [0.717, 1.165) is 118 Å². The number of thiophene rings is 2. The highest BCUT2D eigenvalue weighted by molar-refractivity contribution is 8.22. The molecule has 2 aromatic heterocycles. The zero-order valence-corrected chi connectivity index (χ0v) is 39.4. The van der Waals surface area contributed by atoms with Crippen LogP contribution in [0.3, 0.4) is 0 Å². The van der Waals surface area contributed by atoms with Gasteiger partial charge in [0.15, 0.2) is 34.8 Å². The molecule has 0 amide bonds. The molecule has 3 aliphatic carbocycles. The number of allylic oxidation sites excluding steroid dienone is 5. The Hall–Kier alpha value is -5.48. The summed E-state index contributed by atoms with van der Waals surface area (Å²) >= 11 is 6.18. The number of Topliss-reactive ketones (excluding diaryl/α,β-unsaturated/α-hetero) is 2. The molecule has 3 unspecified atom stereocenters. The van der Waals surface area contributed by atoms with E-state index in [1.54, 1.807) is 29.6 Å². The second kappa shape index (κ2) is 20.4. The van der Waals surface area contributed by atoms with Crippen molar-refractivity contribution in [3.05, 3.63) is 124 Å². The molecule has 330 valence electrons. The van der Waals surface area contributed by atoms with Gasteiger partial charge in [-0.1, -0.05) is 66.2 Å². The Kier molecular flexibility index (Phi) is 14.9. The Bertz CT molecular complexity index is 2890. The SMILES string of the molecule is CCCCC(CC)CSC(SCC(CC)CCCC)=C1c2cc(/C=C3\C(=O)c4cc(F)c(F)cc4C3=C(C#N)C#N)sc2-c2sc(C3C(=O)c4cc(F)c(F)cc4C3=C(C#N)C#N)cc21. The molecule has 0 fully saturated rings. The van der Waals surface area contributed by atoms with Gasteiger partial charge in [-0.2, -0.15) is 21.0 Å². The standard InChI is InChI=1S/C51H42F4N4O2S4/c1-5-9-11-26(7-3)24-62-51(63-25-27(8-4)12-10-6-2)45-36-14-30(13-35-43(28(20-56)21-57)31-15-38(52)40(54)17-33(31)47(35)60)64-49(36)50-37(45)19-42(65-50)46-44(29(22-58)23-59)32-16-39(53)41(55)18-34(32)48(46)61/h13-19,26-27,46H,5-12,24-25H2,1-4H3/b35-13-,51-45?. The van der Waals surface area contributed by atoms with Crippen molar-refractivity contribution in [1.29, 1.82) is 21.0 Å². The fourth-order valence-electron chi connectivity index (χ4n) is 8.62. The molecule has 6 nitrogen and oxygen atoms in total. The van der Waals surface area contributed by atoms with E-state index >= 15 is 0 Å². The van der Waals surface area contributed by atoms with Crippen molar-refractivity contribution in [3.8, 4) is 34.0 Å². The molecule has 0 spiro atoms. The van der Waals surface area contributed by atoms with Gasteiger partial charge in [-0.15, -0.1) is 46.2 Å². The third kappa shape index (κ3) is 8.95. The Morgan fingerprint density at radius 2 is 1.15 bits per heavy atom. The van der Waals surface area contributed by atoms with Crippen LogP contribution in [-0.2, 0) is 0 Å². The van der Waals surface area contributed by atoms with Crippen LogP contribution < -0.4 is 0 Å². The van der Waals surface area contributed by atoms with Gasteiger partial charge in [0.05, 0.1) is 15.7 Å². The minimum absolute atomic E-state index is 0.00539. The second-order valence-corrected chi connectivity index (χ2v) is 20.7. The van der Waals surface area contributed by atoms with Gasteiger partial charge in [0.25, 0.3) is 0 Å². The molecule has 2 heterocycles. The van der Waals surface area contributed by atoms with Crippen LogP contribution in [0.2, 0.25) is 0 Å². The number of hydrogen-bond donors (Lipinski definition) is 0. The van der Waals surface area contributed by atoms with Crippen molar-refractivity contribution in [3.63, 3.8) is 0 Å². The highest BCUT2D eigenvalue weighted by Gasteiger charge is 2.43. The smallest absolute Gasteiger partial charge is 0.194 e. The normalized spacial score (nSPS) is 16.1. The number of nitriles is 4. The quantitative estimate of drug-likeness (QED) is 0.0543. The van der Waals surface area contributed by atoms with Gasteiger partial charge in [-0.25, -0.2) is 17.6 Å². The topological polar surface area (TPSA) is 129 Å². The number of halogens is 4. The van der Waals surface area contributed by atoms with Crippen LogP contribution >= 0.6 is 46.2 Å². The summed E-state index contributed by atoms with van der Waals surface area (Å²) in [4.78, 5) is 30.9. The number of carbonyl (C=O) groups is 2. The number of nitrogens with zero attached hydrogens (tertiary/aromatic N) is 4. The van der Waals surface area contributed by atoms with Crippen LogP contribution in [0.5, 0.6) is 0 Å².